The molecule has 0 spiro atoms. The van der Waals surface area contributed by atoms with Gasteiger partial charge in [-0.3, -0.25) is 10.1 Å². The van der Waals surface area contributed by atoms with Crippen LogP contribution in [0.1, 0.15) is 11.1 Å². The summed E-state index contributed by atoms with van der Waals surface area (Å²) in [6, 6.07) is 14.0. The molecule has 0 aliphatic rings. The molecule has 0 amide bonds. The zero-order valence-corrected chi connectivity index (χ0v) is 12.6. The molecular formula is C14H9ClINO2. The average molecular weight is 386 g/mol. The smallest absolute Gasteiger partial charge is 0.258 e. The Bertz CT molecular complexity index is 621. The second kappa shape index (κ2) is 6.16. The molecule has 3 nitrogen and oxygen atoms in total. The molecule has 0 bridgehead atoms. The minimum atomic E-state index is -0.403. The highest BCUT2D eigenvalue weighted by atomic mass is 127. The Morgan fingerprint density at radius 1 is 1.11 bits per heavy atom. The van der Waals surface area contributed by atoms with E-state index < -0.39 is 4.92 Å². The van der Waals surface area contributed by atoms with E-state index in [0.717, 1.165) is 14.7 Å². The van der Waals surface area contributed by atoms with Gasteiger partial charge in [0.1, 0.15) is 0 Å². The van der Waals surface area contributed by atoms with Gasteiger partial charge in [0.05, 0.1) is 4.92 Å². The molecule has 2 aromatic rings. The van der Waals surface area contributed by atoms with Crippen LogP contribution < -0.4 is 0 Å². The summed E-state index contributed by atoms with van der Waals surface area (Å²) in [5.41, 5.74) is 2.08. The van der Waals surface area contributed by atoms with E-state index >= 15 is 0 Å². The summed E-state index contributed by atoms with van der Waals surface area (Å²) in [4.78, 5) is 10.2. The molecule has 0 atom stereocenters. The predicted molar refractivity (Wildman–Crippen MR) is 86.4 cm³/mol. The maximum atomic E-state index is 10.6. The first kappa shape index (κ1) is 14.0. The van der Waals surface area contributed by atoms with Gasteiger partial charge in [-0.05, 0) is 64.1 Å². The van der Waals surface area contributed by atoms with Crippen LogP contribution >= 0.6 is 34.2 Å². The van der Waals surface area contributed by atoms with Crippen LogP contribution in [-0.2, 0) is 0 Å². The van der Waals surface area contributed by atoms with Crippen molar-refractivity contribution < 1.29 is 4.92 Å². The van der Waals surface area contributed by atoms with Gasteiger partial charge in [0.15, 0.2) is 0 Å². The summed E-state index contributed by atoms with van der Waals surface area (Å²) in [5.74, 6) is 0. The Balaban J connectivity index is 2.25. The summed E-state index contributed by atoms with van der Waals surface area (Å²) < 4.78 is 1.01. The Kier molecular flexibility index (Phi) is 4.55. The Morgan fingerprint density at radius 2 is 1.68 bits per heavy atom. The summed E-state index contributed by atoms with van der Waals surface area (Å²) in [5, 5.41) is 11.3. The molecule has 0 saturated heterocycles. The van der Waals surface area contributed by atoms with Gasteiger partial charge in [0.25, 0.3) is 5.69 Å². The monoisotopic (exact) mass is 385 g/mol. The summed E-state index contributed by atoms with van der Waals surface area (Å²) in [6.07, 6.45) is 2.00. The topological polar surface area (TPSA) is 43.1 Å². The number of benzene rings is 2. The van der Waals surface area contributed by atoms with Crippen molar-refractivity contribution in [2.75, 3.05) is 0 Å². The normalized spacial score (nSPS) is 11.4. The van der Waals surface area contributed by atoms with E-state index in [9.17, 15) is 10.1 Å². The molecule has 0 heterocycles. The van der Waals surface area contributed by atoms with Crippen molar-refractivity contribution in [1.29, 1.82) is 0 Å². The summed E-state index contributed by atoms with van der Waals surface area (Å²) >= 11 is 8.03. The molecule has 2 rings (SSSR count). The van der Waals surface area contributed by atoms with Gasteiger partial charge >= 0.3 is 0 Å². The second-order valence-corrected chi connectivity index (χ2v) is 5.45. The zero-order valence-electron chi connectivity index (χ0n) is 9.72. The fraction of sp³-hybridized carbons (Fsp3) is 0. The van der Waals surface area contributed by atoms with Crippen molar-refractivity contribution >= 4 is 49.5 Å². The van der Waals surface area contributed by atoms with Crippen molar-refractivity contribution in [3.05, 3.63) is 74.8 Å². The van der Waals surface area contributed by atoms with E-state index in [1.165, 1.54) is 12.1 Å². The van der Waals surface area contributed by atoms with E-state index in [-0.39, 0.29) is 5.69 Å². The SMILES string of the molecule is O=[N+]([O-])c1ccc(/C(I)=C\c2ccc(Cl)cc2)cc1. The lowest BCUT2D eigenvalue weighted by Crippen LogP contribution is -1.87. The molecule has 5 heteroatoms. The molecule has 0 unspecified atom stereocenters. The Labute approximate surface area is 129 Å². The number of rotatable bonds is 3. The fourth-order valence-corrected chi connectivity index (χ4v) is 2.38. The number of non-ortho nitro benzene ring substituents is 1. The molecule has 0 N–H and O–H groups in total. The third kappa shape index (κ3) is 3.78. The van der Waals surface area contributed by atoms with Crippen LogP contribution in [-0.4, -0.2) is 4.92 Å². The second-order valence-electron chi connectivity index (χ2n) is 3.85. The molecule has 0 radical (unpaired) electrons. The lowest BCUT2D eigenvalue weighted by atomic mass is 10.1. The third-order valence-corrected chi connectivity index (χ3v) is 3.70. The molecule has 0 fully saturated rings. The van der Waals surface area contributed by atoms with Gasteiger partial charge in [-0.25, -0.2) is 0 Å². The molecule has 0 aromatic heterocycles. The van der Waals surface area contributed by atoms with Gasteiger partial charge in [-0.15, -0.1) is 0 Å². The number of halogens is 2. The van der Waals surface area contributed by atoms with Crippen LogP contribution in [0.4, 0.5) is 5.69 Å². The van der Waals surface area contributed by atoms with Crippen molar-refractivity contribution in [3.63, 3.8) is 0 Å². The van der Waals surface area contributed by atoms with Crippen molar-refractivity contribution in [2.24, 2.45) is 0 Å². The molecule has 2 aromatic carbocycles. The maximum absolute atomic E-state index is 10.6. The number of nitro groups is 1. The zero-order chi connectivity index (χ0) is 13.8. The highest BCUT2D eigenvalue weighted by Crippen LogP contribution is 2.26. The average Bonchev–Trinajstić information content (AvgIpc) is 2.41. The van der Waals surface area contributed by atoms with Gasteiger partial charge in [0, 0.05) is 20.7 Å². The number of hydrogen-bond donors (Lipinski definition) is 0. The summed E-state index contributed by atoms with van der Waals surface area (Å²) in [7, 11) is 0. The van der Waals surface area contributed by atoms with E-state index in [0.29, 0.717) is 5.02 Å². The minimum Gasteiger partial charge on any atom is -0.258 e. The molecule has 0 aliphatic carbocycles. The Hall–Kier alpha value is -1.40. The van der Waals surface area contributed by atoms with E-state index in [2.05, 4.69) is 22.6 Å². The largest absolute Gasteiger partial charge is 0.269 e. The molecule has 96 valence electrons. The minimum absolute atomic E-state index is 0.0967. The van der Waals surface area contributed by atoms with Crippen LogP contribution in [0.5, 0.6) is 0 Å². The summed E-state index contributed by atoms with van der Waals surface area (Å²) in [6.45, 7) is 0. The van der Waals surface area contributed by atoms with Crippen molar-refractivity contribution in [3.8, 4) is 0 Å². The van der Waals surface area contributed by atoms with E-state index in [1.54, 1.807) is 12.1 Å². The Morgan fingerprint density at radius 3 is 2.21 bits per heavy atom. The van der Waals surface area contributed by atoms with Gasteiger partial charge in [-0.1, -0.05) is 23.7 Å². The number of nitro benzene ring substituents is 1. The molecule has 0 saturated carbocycles. The molecule has 0 aliphatic heterocycles. The highest BCUT2D eigenvalue weighted by molar-refractivity contribution is 14.1. The first-order chi connectivity index (χ1) is 9.06. The van der Waals surface area contributed by atoms with E-state index in [4.69, 9.17) is 11.6 Å². The van der Waals surface area contributed by atoms with Gasteiger partial charge in [0.2, 0.25) is 0 Å². The lowest BCUT2D eigenvalue weighted by Gasteiger charge is -2.00. The van der Waals surface area contributed by atoms with E-state index in [1.807, 2.05) is 30.3 Å². The van der Waals surface area contributed by atoms with Crippen molar-refractivity contribution in [1.82, 2.24) is 0 Å². The number of nitrogens with zero attached hydrogens (tertiary/aromatic N) is 1. The van der Waals surface area contributed by atoms with Crippen LogP contribution in [0.2, 0.25) is 5.02 Å². The van der Waals surface area contributed by atoms with Crippen LogP contribution in [0.3, 0.4) is 0 Å². The standard InChI is InChI=1S/C14H9ClINO2/c15-12-5-1-10(2-6-12)9-14(16)11-3-7-13(8-4-11)17(18)19/h1-9H/b14-9+. The van der Waals surface area contributed by atoms with Gasteiger partial charge in [-0.2, -0.15) is 0 Å². The molecular weight excluding hydrogens is 377 g/mol. The quantitative estimate of drug-likeness (QED) is 0.316. The fourth-order valence-electron chi connectivity index (χ4n) is 1.53. The predicted octanol–water partition coefficient (Wildman–Crippen LogP) is 5.18. The maximum Gasteiger partial charge on any atom is 0.269 e. The first-order valence-corrected chi connectivity index (χ1v) is 6.89. The van der Waals surface area contributed by atoms with Crippen molar-refractivity contribution in [2.45, 2.75) is 0 Å². The number of hydrogen-bond acceptors (Lipinski definition) is 2. The molecule has 19 heavy (non-hydrogen) atoms. The lowest BCUT2D eigenvalue weighted by molar-refractivity contribution is -0.384. The van der Waals surface area contributed by atoms with Crippen LogP contribution in [0.15, 0.2) is 48.5 Å². The first-order valence-electron chi connectivity index (χ1n) is 5.44. The van der Waals surface area contributed by atoms with Gasteiger partial charge < -0.3 is 0 Å². The van der Waals surface area contributed by atoms with Crippen LogP contribution in [0.25, 0.3) is 9.66 Å². The third-order valence-electron chi connectivity index (χ3n) is 2.52. The van der Waals surface area contributed by atoms with Crippen LogP contribution in [0, 0.1) is 10.1 Å². The highest BCUT2D eigenvalue weighted by Gasteiger charge is 2.05.